The predicted octanol–water partition coefficient (Wildman–Crippen LogP) is 1.18. The number of furan rings is 1. The summed E-state index contributed by atoms with van der Waals surface area (Å²) in [5.41, 5.74) is 13.1. The minimum absolute atomic E-state index is 0.0288. The van der Waals surface area contributed by atoms with Crippen LogP contribution in [0.4, 0.5) is 5.88 Å². The van der Waals surface area contributed by atoms with Gasteiger partial charge in [-0.25, -0.2) is 10.9 Å². The Labute approximate surface area is 147 Å². The first-order valence-electron chi connectivity index (χ1n) is 7.81. The van der Waals surface area contributed by atoms with E-state index in [2.05, 4.69) is 21.9 Å². The number of hydrogen-bond donors (Lipinski definition) is 3. The summed E-state index contributed by atoms with van der Waals surface area (Å²) in [6, 6.07) is 8.24. The topological polar surface area (TPSA) is 152 Å². The molecular weight excluding hydrogens is 340 g/mol. The van der Waals surface area contributed by atoms with Crippen molar-refractivity contribution in [2.45, 2.75) is 18.2 Å². The summed E-state index contributed by atoms with van der Waals surface area (Å²) in [7, 11) is 0. The Morgan fingerprint density at radius 1 is 1.35 bits per heavy atom. The molecule has 1 saturated heterocycles. The number of rotatable bonds is 3. The van der Waals surface area contributed by atoms with Crippen molar-refractivity contribution in [3.05, 3.63) is 69.6 Å². The molecule has 4 atom stereocenters. The SMILES string of the molecule is N#CC1=C(N)OC2NNC(c3cccnc3)C2C1c1ccc([N+](=O)[O-])o1. The highest BCUT2D eigenvalue weighted by atomic mass is 16.6. The van der Waals surface area contributed by atoms with Gasteiger partial charge in [-0.1, -0.05) is 6.07 Å². The highest BCUT2D eigenvalue weighted by molar-refractivity contribution is 5.40. The van der Waals surface area contributed by atoms with Crippen LogP contribution in [0.15, 0.2) is 52.5 Å². The summed E-state index contributed by atoms with van der Waals surface area (Å²) >= 11 is 0. The number of nitrogens with one attached hydrogen (secondary N) is 2. The summed E-state index contributed by atoms with van der Waals surface area (Å²) < 4.78 is 11.0. The number of ether oxygens (including phenoxy) is 1. The lowest BCUT2D eigenvalue weighted by Crippen LogP contribution is -2.40. The van der Waals surface area contributed by atoms with Crippen molar-refractivity contribution in [2.24, 2.45) is 11.7 Å². The molecule has 4 heterocycles. The summed E-state index contributed by atoms with van der Waals surface area (Å²) in [6.45, 7) is 0. The zero-order valence-electron chi connectivity index (χ0n) is 13.3. The van der Waals surface area contributed by atoms with Crippen LogP contribution in [-0.2, 0) is 4.74 Å². The fourth-order valence-corrected chi connectivity index (χ4v) is 3.49. The first kappa shape index (κ1) is 16.1. The molecule has 0 saturated carbocycles. The van der Waals surface area contributed by atoms with Crippen LogP contribution in [0.25, 0.3) is 0 Å². The smallest absolute Gasteiger partial charge is 0.433 e. The van der Waals surface area contributed by atoms with E-state index in [4.69, 9.17) is 14.9 Å². The fraction of sp³-hybridized carbons (Fsp3) is 0.250. The summed E-state index contributed by atoms with van der Waals surface area (Å²) in [5, 5.41) is 20.6. The van der Waals surface area contributed by atoms with Crippen LogP contribution in [0, 0.1) is 27.4 Å². The van der Waals surface area contributed by atoms with Crippen LogP contribution in [0.2, 0.25) is 0 Å². The first-order chi connectivity index (χ1) is 12.6. The Hall–Kier alpha value is -3.42. The van der Waals surface area contributed by atoms with Crippen molar-refractivity contribution in [3.63, 3.8) is 0 Å². The van der Waals surface area contributed by atoms with Crippen LogP contribution in [0.3, 0.4) is 0 Å². The molecule has 4 rings (SSSR count). The van der Waals surface area contributed by atoms with E-state index in [9.17, 15) is 15.4 Å². The quantitative estimate of drug-likeness (QED) is 0.544. The molecule has 2 aromatic rings. The number of fused-ring (bicyclic) bond motifs is 1. The van der Waals surface area contributed by atoms with Crippen molar-refractivity contribution in [2.75, 3.05) is 0 Å². The number of nitro groups is 1. The Balaban J connectivity index is 1.81. The van der Waals surface area contributed by atoms with E-state index in [0.29, 0.717) is 0 Å². The van der Waals surface area contributed by atoms with Gasteiger partial charge in [-0.2, -0.15) is 5.26 Å². The van der Waals surface area contributed by atoms with Crippen molar-refractivity contribution in [1.29, 1.82) is 5.26 Å². The standard InChI is InChI=1S/C16H14N6O4/c17-6-9-12(10-3-4-11(25-10)22(23)24)13-14(8-2-1-5-19-7-8)20-21-16(13)26-15(9)18/h1-5,7,12-14,16,20-21H,18H2. The average molecular weight is 354 g/mol. The van der Waals surface area contributed by atoms with Gasteiger partial charge in [0.15, 0.2) is 6.23 Å². The van der Waals surface area contributed by atoms with E-state index in [-0.39, 0.29) is 29.2 Å². The largest absolute Gasteiger partial charge is 0.458 e. The molecule has 10 nitrogen and oxygen atoms in total. The molecule has 2 aliphatic rings. The van der Waals surface area contributed by atoms with Gasteiger partial charge < -0.3 is 14.9 Å². The molecule has 0 aromatic carbocycles. The molecule has 1 fully saturated rings. The van der Waals surface area contributed by atoms with Gasteiger partial charge in [0, 0.05) is 18.3 Å². The van der Waals surface area contributed by atoms with Gasteiger partial charge in [0.05, 0.1) is 18.0 Å². The monoisotopic (exact) mass is 354 g/mol. The van der Waals surface area contributed by atoms with Gasteiger partial charge >= 0.3 is 5.88 Å². The minimum atomic E-state index is -0.622. The van der Waals surface area contributed by atoms with Crippen LogP contribution < -0.4 is 16.6 Å². The lowest BCUT2D eigenvalue weighted by Gasteiger charge is -2.34. The zero-order valence-corrected chi connectivity index (χ0v) is 13.3. The molecule has 26 heavy (non-hydrogen) atoms. The van der Waals surface area contributed by atoms with E-state index < -0.39 is 23.0 Å². The Morgan fingerprint density at radius 2 is 2.19 bits per heavy atom. The molecule has 2 aromatic heterocycles. The number of allylic oxidation sites excluding steroid dienone is 1. The number of pyridine rings is 1. The maximum atomic E-state index is 11.0. The van der Waals surface area contributed by atoms with E-state index in [1.807, 2.05) is 6.07 Å². The van der Waals surface area contributed by atoms with Crippen LogP contribution in [0.1, 0.15) is 23.3 Å². The van der Waals surface area contributed by atoms with Gasteiger partial charge in [0.1, 0.15) is 22.3 Å². The van der Waals surface area contributed by atoms with E-state index in [0.717, 1.165) is 5.56 Å². The Bertz CT molecular complexity index is 918. The number of nitrogens with zero attached hydrogens (tertiary/aromatic N) is 3. The van der Waals surface area contributed by atoms with E-state index in [1.54, 1.807) is 18.5 Å². The van der Waals surface area contributed by atoms with Gasteiger partial charge in [0.2, 0.25) is 5.88 Å². The van der Waals surface area contributed by atoms with Crippen molar-refractivity contribution >= 4 is 5.88 Å². The van der Waals surface area contributed by atoms with Crippen molar-refractivity contribution < 1.29 is 14.1 Å². The van der Waals surface area contributed by atoms with Gasteiger partial charge in [-0.15, -0.1) is 0 Å². The number of aromatic nitrogens is 1. The fourth-order valence-electron chi connectivity index (χ4n) is 3.49. The van der Waals surface area contributed by atoms with Crippen molar-refractivity contribution in [3.8, 4) is 6.07 Å². The second-order valence-corrected chi connectivity index (χ2v) is 5.97. The maximum absolute atomic E-state index is 11.0. The second kappa shape index (κ2) is 6.14. The number of hydrogen-bond acceptors (Lipinski definition) is 9. The van der Waals surface area contributed by atoms with Crippen LogP contribution in [-0.4, -0.2) is 16.1 Å². The molecule has 4 N–H and O–H groups in total. The second-order valence-electron chi connectivity index (χ2n) is 5.97. The minimum Gasteiger partial charge on any atom is -0.458 e. The molecule has 10 heteroatoms. The molecular formula is C16H14N6O4. The maximum Gasteiger partial charge on any atom is 0.433 e. The molecule has 0 spiro atoms. The zero-order chi connectivity index (χ0) is 18.3. The van der Waals surface area contributed by atoms with Gasteiger partial charge in [-0.05, 0) is 17.7 Å². The molecule has 0 aliphatic carbocycles. The van der Waals surface area contributed by atoms with Gasteiger partial charge in [-0.3, -0.25) is 15.1 Å². The third kappa shape index (κ3) is 2.46. The first-order valence-corrected chi connectivity index (χ1v) is 7.81. The van der Waals surface area contributed by atoms with Gasteiger partial charge in [0.25, 0.3) is 0 Å². The number of nitrogens with two attached hydrogens (primary N) is 1. The van der Waals surface area contributed by atoms with E-state index >= 15 is 0 Å². The lowest BCUT2D eigenvalue weighted by atomic mass is 9.76. The highest BCUT2D eigenvalue weighted by Crippen LogP contribution is 2.47. The molecule has 0 amide bonds. The Kier molecular flexibility index (Phi) is 3.80. The Morgan fingerprint density at radius 3 is 2.85 bits per heavy atom. The summed E-state index contributed by atoms with van der Waals surface area (Å²) in [4.78, 5) is 14.5. The average Bonchev–Trinajstić information content (AvgIpc) is 3.28. The third-order valence-electron chi connectivity index (χ3n) is 4.59. The van der Waals surface area contributed by atoms with E-state index in [1.165, 1.54) is 12.1 Å². The van der Waals surface area contributed by atoms with Crippen LogP contribution in [0.5, 0.6) is 0 Å². The highest BCUT2D eigenvalue weighted by Gasteiger charge is 2.50. The van der Waals surface area contributed by atoms with Crippen LogP contribution >= 0.6 is 0 Å². The molecule has 0 bridgehead atoms. The number of hydrazine groups is 1. The number of nitriles is 1. The molecule has 4 unspecified atom stereocenters. The molecule has 2 aliphatic heterocycles. The molecule has 132 valence electrons. The lowest BCUT2D eigenvalue weighted by molar-refractivity contribution is -0.402. The summed E-state index contributed by atoms with van der Waals surface area (Å²) in [5.74, 6) is -1.07. The summed E-state index contributed by atoms with van der Waals surface area (Å²) in [6.07, 6.45) is 2.83. The van der Waals surface area contributed by atoms with Crippen molar-refractivity contribution in [1.82, 2.24) is 15.8 Å². The molecule has 0 radical (unpaired) electrons. The third-order valence-corrected chi connectivity index (χ3v) is 4.59. The normalized spacial score (nSPS) is 27.5. The predicted molar refractivity (Wildman–Crippen MR) is 86.5 cm³/mol.